The van der Waals surface area contributed by atoms with Crippen LogP contribution in [0.2, 0.25) is 0 Å². The van der Waals surface area contributed by atoms with E-state index in [1.165, 1.54) is 0 Å². The highest BCUT2D eigenvalue weighted by atomic mass is 16.5. The van der Waals surface area contributed by atoms with Crippen molar-refractivity contribution in [2.45, 2.75) is 38.3 Å². The van der Waals surface area contributed by atoms with E-state index in [9.17, 15) is 4.79 Å². The number of hydrogen-bond acceptors (Lipinski definition) is 5. The number of urea groups is 1. The number of aromatic nitrogens is 2. The van der Waals surface area contributed by atoms with Crippen molar-refractivity contribution in [3.8, 4) is 5.75 Å². The Labute approximate surface area is 181 Å². The Balaban J connectivity index is 1.51. The SMILES string of the molecule is COc1ccc(N2Cc3cnc(Nc4ccccc4)nc3N(C3CCCC3)C2=O)cc1. The number of fused-ring (bicyclic) bond motifs is 1. The molecule has 5 rings (SSSR count). The van der Waals surface area contributed by atoms with Crippen LogP contribution in [0.15, 0.2) is 60.8 Å². The number of hydrogen-bond donors (Lipinski definition) is 1. The van der Waals surface area contributed by atoms with Crippen molar-refractivity contribution in [3.05, 3.63) is 66.4 Å². The van der Waals surface area contributed by atoms with Crippen LogP contribution in [-0.2, 0) is 6.54 Å². The van der Waals surface area contributed by atoms with Gasteiger partial charge in [0.2, 0.25) is 5.95 Å². The summed E-state index contributed by atoms with van der Waals surface area (Å²) in [5.74, 6) is 1.98. The number of nitrogens with zero attached hydrogens (tertiary/aromatic N) is 4. The molecule has 2 aliphatic rings. The molecule has 31 heavy (non-hydrogen) atoms. The zero-order chi connectivity index (χ0) is 21.2. The third kappa shape index (κ3) is 3.79. The minimum atomic E-state index is -0.0334. The molecule has 2 aromatic carbocycles. The number of rotatable bonds is 5. The first kappa shape index (κ1) is 19.4. The van der Waals surface area contributed by atoms with Crippen LogP contribution in [0, 0.1) is 0 Å². The summed E-state index contributed by atoms with van der Waals surface area (Å²) < 4.78 is 5.26. The van der Waals surface area contributed by atoms with Crippen LogP contribution in [-0.4, -0.2) is 29.2 Å². The third-order valence-corrected chi connectivity index (χ3v) is 5.94. The Hall–Kier alpha value is -3.61. The van der Waals surface area contributed by atoms with Gasteiger partial charge in [-0.25, -0.2) is 9.78 Å². The number of carbonyl (C=O) groups is 1. The van der Waals surface area contributed by atoms with Crippen LogP contribution in [0.1, 0.15) is 31.2 Å². The molecule has 1 aromatic heterocycles. The van der Waals surface area contributed by atoms with Crippen molar-refractivity contribution < 1.29 is 9.53 Å². The normalized spacial score (nSPS) is 16.4. The van der Waals surface area contributed by atoms with E-state index in [0.717, 1.165) is 54.2 Å². The van der Waals surface area contributed by atoms with E-state index < -0.39 is 0 Å². The summed E-state index contributed by atoms with van der Waals surface area (Å²) in [6, 6.07) is 17.5. The summed E-state index contributed by atoms with van der Waals surface area (Å²) in [7, 11) is 1.64. The molecule has 0 unspecified atom stereocenters. The summed E-state index contributed by atoms with van der Waals surface area (Å²) >= 11 is 0. The first-order valence-electron chi connectivity index (χ1n) is 10.7. The van der Waals surface area contributed by atoms with Gasteiger partial charge < -0.3 is 10.1 Å². The molecule has 7 nitrogen and oxygen atoms in total. The fourth-order valence-corrected chi connectivity index (χ4v) is 4.34. The van der Waals surface area contributed by atoms with Gasteiger partial charge in [-0.2, -0.15) is 4.98 Å². The number of nitrogens with one attached hydrogen (secondary N) is 1. The van der Waals surface area contributed by atoms with Crippen LogP contribution in [0.4, 0.5) is 27.9 Å². The van der Waals surface area contributed by atoms with Gasteiger partial charge in [0.15, 0.2) is 0 Å². The molecule has 158 valence electrons. The lowest BCUT2D eigenvalue weighted by atomic mass is 10.1. The standard InChI is InChI=1S/C24H25N5O2/c1-31-21-13-11-19(12-14-21)28-16-17-15-25-23(26-18-7-3-2-4-8-18)27-22(17)29(24(28)30)20-9-5-6-10-20/h2-4,7-8,11-15,20H,5-6,9-10,16H2,1H3,(H,25,26,27). The molecule has 1 fully saturated rings. The fraction of sp³-hybridized carbons (Fsp3) is 0.292. The van der Waals surface area contributed by atoms with Crippen molar-refractivity contribution in [1.82, 2.24) is 9.97 Å². The molecule has 1 aliphatic heterocycles. The second-order valence-corrected chi connectivity index (χ2v) is 7.91. The Kier molecular flexibility index (Phi) is 5.16. The van der Waals surface area contributed by atoms with E-state index in [1.54, 1.807) is 12.0 Å². The number of methoxy groups -OCH3 is 1. The lowest BCUT2D eigenvalue weighted by Gasteiger charge is -2.39. The maximum atomic E-state index is 13.6. The lowest BCUT2D eigenvalue weighted by molar-refractivity contribution is 0.247. The van der Waals surface area contributed by atoms with Gasteiger partial charge >= 0.3 is 6.03 Å². The smallest absolute Gasteiger partial charge is 0.330 e. The quantitative estimate of drug-likeness (QED) is 0.626. The lowest BCUT2D eigenvalue weighted by Crippen LogP contribution is -2.51. The predicted molar refractivity (Wildman–Crippen MR) is 121 cm³/mol. The predicted octanol–water partition coefficient (Wildman–Crippen LogP) is 5.12. The zero-order valence-corrected chi connectivity index (χ0v) is 17.5. The van der Waals surface area contributed by atoms with Gasteiger partial charge in [0.05, 0.1) is 13.7 Å². The number of ether oxygens (including phenoxy) is 1. The molecule has 0 radical (unpaired) electrons. The topological polar surface area (TPSA) is 70.6 Å². The van der Waals surface area contributed by atoms with Crippen molar-refractivity contribution in [1.29, 1.82) is 0 Å². The van der Waals surface area contributed by atoms with Crippen LogP contribution >= 0.6 is 0 Å². The van der Waals surface area contributed by atoms with Crippen molar-refractivity contribution in [3.63, 3.8) is 0 Å². The van der Waals surface area contributed by atoms with Crippen molar-refractivity contribution in [2.24, 2.45) is 0 Å². The average Bonchev–Trinajstić information content (AvgIpc) is 3.34. The molecule has 7 heteroatoms. The molecule has 1 N–H and O–H groups in total. The summed E-state index contributed by atoms with van der Waals surface area (Å²) in [6.45, 7) is 0.440. The number of benzene rings is 2. The van der Waals surface area contributed by atoms with Crippen LogP contribution in [0.25, 0.3) is 0 Å². The number of amides is 2. The number of para-hydroxylation sites is 1. The van der Waals surface area contributed by atoms with Gasteiger partial charge in [0, 0.05) is 29.2 Å². The minimum Gasteiger partial charge on any atom is -0.497 e. The summed E-state index contributed by atoms with van der Waals surface area (Å²) in [5, 5.41) is 3.25. The third-order valence-electron chi connectivity index (χ3n) is 5.94. The van der Waals surface area contributed by atoms with Crippen molar-refractivity contribution in [2.75, 3.05) is 22.2 Å². The minimum absolute atomic E-state index is 0.0334. The van der Waals surface area contributed by atoms with Crippen molar-refractivity contribution >= 4 is 29.2 Å². The molecule has 0 atom stereocenters. The average molecular weight is 415 g/mol. The second-order valence-electron chi connectivity index (χ2n) is 7.91. The van der Waals surface area contributed by atoms with Gasteiger partial charge in [-0.05, 0) is 49.2 Å². The van der Waals surface area contributed by atoms with Gasteiger partial charge in [-0.1, -0.05) is 31.0 Å². The number of carbonyl (C=O) groups excluding carboxylic acids is 1. The van der Waals surface area contributed by atoms with E-state index in [2.05, 4.69) is 10.3 Å². The van der Waals surface area contributed by atoms with Gasteiger partial charge in [-0.15, -0.1) is 0 Å². The van der Waals surface area contributed by atoms with Gasteiger partial charge in [0.1, 0.15) is 11.6 Å². The highest BCUT2D eigenvalue weighted by Crippen LogP contribution is 2.36. The van der Waals surface area contributed by atoms with Gasteiger partial charge in [0.25, 0.3) is 0 Å². The molecular weight excluding hydrogens is 390 g/mol. The monoisotopic (exact) mass is 415 g/mol. The Bertz CT molecular complexity index is 1070. The molecule has 1 saturated carbocycles. The Morgan fingerprint density at radius 2 is 1.77 bits per heavy atom. The first-order valence-corrected chi connectivity index (χ1v) is 10.7. The summed E-state index contributed by atoms with van der Waals surface area (Å²) in [4.78, 5) is 26.6. The molecule has 0 saturated heterocycles. The van der Waals surface area contributed by atoms with E-state index in [0.29, 0.717) is 12.5 Å². The highest BCUT2D eigenvalue weighted by Gasteiger charge is 2.38. The van der Waals surface area contributed by atoms with E-state index in [4.69, 9.17) is 9.72 Å². The molecular formula is C24H25N5O2. The Morgan fingerprint density at radius 3 is 2.48 bits per heavy atom. The van der Waals surface area contributed by atoms with Crippen LogP contribution in [0.5, 0.6) is 5.75 Å². The maximum Gasteiger partial charge on any atom is 0.330 e. The van der Waals surface area contributed by atoms with E-state index in [-0.39, 0.29) is 12.1 Å². The summed E-state index contributed by atoms with van der Waals surface area (Å²) in [5.41, 5.74) is 2.70. The first-order chi connectivity index (χ1) is 15.2. The molecule has 3 aromatic rings. The molecule has 0 spiro atoms. The van der Waals surface area contributed by atoms with Gasteiger partial charge in [-0.3, -0.25) is 9.80 Å². The van der Waals surface area contributed by atoms with E-state index in [1.807, 2.05) is 65.7 Å². The zero-order valence-electron chi connectivity index (χ0n) is 17.5. The van der Waals surface area contributed by atoms with Crippen LogP contribution in [0.3, 0.4) is 0 Å². The summed E-state index contributed by atoms with van der Waals surface area (Å²) in [6.07, 6.45) is 6.08. The molecule has 1 aliphatic carbocycles. The molecule has 0 bridgehead atoms. The molecule has 2 amide bonds. The van der Waals surface area contributed by atoms with E-state index >= 15 is 0 Å². The highest BCUT2D eigenvalue weighted by molar-refractivity contribution is 6.06. The number of anilines is 4. The second kappa shape index (κ2) is 8.26. The maximum absolute atomic E-state index is 13.6. The largest absolute Gasteiger partial charge is 0.497 e. The Morgan fingerprint density at radius 1 is 1.03 bits per heavy atom. The van der Waals surface area contributed by atoms with Crippen LogP contribution < -0.4 is 19.9 Å². The fourth-order valence-electron chi connectivity index (χ4n) is 4.34. The molecule has 2 heterocycles.